The van der Waals surface area contributed by atoms with Gasteiger partial charge in [-0.3, -0.25) is 0 Å². The first-order valence-corrected chi connectivity index (χ1v) is 6.19. The second kappa shape index (κ2) is 4.37. The van der Waals surface area contributed by atoms with E-state index < -0.39 is 0 Å². The molecule has 3 unspecified atom stereocenters. The third kappa shape index (κ3) is 1.98. The lowest BCUT2D eigenvalue weighted by Gasteiger charge is -2.54. The summed E-state index contributed by atoms with van der Waals surface area (Å²) in [7, 11) is 0. The highest BCUT2D eigenvalue weighted by Gasteiger charge is 2.49. The number of allylic oxidation sites excluding steroid dienone is 2. The topological polar surface area (TPSA) is 20.2 Å². The van der Waals surface area contributed by atoms with Crippen LogP contribution in [-0.2, 0) is 0 Å². The number of hydrogen-bond acceptors (Lipinski definition) is 1. The SMILES string of the molecule is C=CC1(C)CCC(CO)C(C)(C)C1C(=C)C. The molecule has 0 spiro atoms. The van der Waals surface area contributed by atoms with Crippen LogP contribution < -0.4 is 0 Å². The van der Waals surface area contributed by atoms with Gasteiger partial charge in [0.05, 0.1) is 0 Å². The zero-order valence-corrected chi connectivity index (χ0v) is 11.2. The third-order valence-electron chi connectivity index (χ3n) is 4.67. The summed E-state index contributed by atoms with van der Waals surface area (Å²) in [5.41, 5.74) is 1.44. The van der Waals surface area contributed by atoms with Gasteiger partial charge in [-0.05, 0) is 42.4 Å². The molecule has 1 fully saturated rings. The molecular weight excluding hydrogens is 196 g/mol. The van der Waals surface area contributed by atoms with Crippen molar-refractivity contribution < 1.29 is 5.11 Å². The third-order valence-corrected chi connectivity index (χ3v) is 4.67. The van der Waals surface area contributed by atoms with E-state index in [1.165, 1.54) is 5.57 Å². The van der Waals surface area contributed by atoms with Crippen LogP contribution in [0, 0.1) is 22.7 Å². The number of aliphatic hydroxyl groups is 1. The van der Waals surface area contributed by atoms with E-state index in [2.05, 4.69) is 46.9 Å². The van der Waals surface area contributed by atoms with E-state index in [1.807, 2.05) is 0 Å². The predicted octanol–water partition coefficient (Wildman–Crippen LogP) is 3.80. The van der Waals surface area contributed by atoms with Gasteiger partial charge in [-0.25, -0.2) is 0 Å². The van der Waals surface area contributed by atoms with Crippen LogP contribution in [0.4, 0.5) is 0 Å². The minimum atomic E-state index is 0.0990. The highest BCUT2D eigenvalue weighted by molar-refractivity contribution is 5.17. The van der Waals surface area contributed by atoms with Gasteiger partial charge in [0.2, 0.25) is 0 Å². The molecule has 0 aromatic heterocycles. The summed E-state index contributed by atoms with van der Waals surface area (Å²) in [6, 6.07) is 0. The molecule has 0 aromatic carbocycles. The van der Waals surface area contributed by atoms with Crippen LogP contribution in [0.3, 0.4) is 0 Å². The van der Waals surface area contributed by atoms with Gasteiger partial charge in [0.1, 0.15) is 0 Å². The summed E-state index contributed by atoms with van der Waals surface area (Å²) in [4.78, 5) is 0. The molecule has 1 heteroatoms. The summed E-state index contributed by atoms with van der Waals surface area (Å²) < 4.78 is 0. The first-order chi connectivity index (χ1) is 7.29. The quantitative estimate of drug-likeness (QED) is 0.720. The smallest absolute Gasteiger partial charge is 0.0464 e. The molecule has 3 atom stereocenters. The molecule has 0 radical (unpaired) electrons. The first-order valence-electron chi connectivity index (χ1n) is 6.19. The van der Waals surface area contributed by atoms with E-state index in [9.17, 15) is 5.11 Å². The average molecular weight is 222 g/mol. The van der Waals surface area contributed by atoms with Gasteiger partial charge in [0, 0.05) is 6.61 Å². The molecule has 1 nitrogen and oxygen atoms in total. The van der Waals surface area contributed by atoms with E-state index in [0.29, 0.717) is 11.8 Å². The molecule has 1 saturated carbocycles. The normalized spacial score (nSPS) is 38.1. The van der Waals surface area contributed by atoms with Gasteiger partial charge in [0.25, 0.3) is 0 Å². The minimum absolute atomic E-state index is 0.0990. The van der Waals surface area contributed by atoms with E-state index in [-0.39, 0.29) is 17.4 Å². The van der Waals surface area contributed by atoms with Gasteiger partial charge in [-0.2, -0.15) is 0 Å². The lowest BCUT2D eigenvalue weighted by molar-refractivity contribution is -0.0223. The zero-order valence-electron chi connectivity index (χ0n) is 11.2. The van der Waals surface area contributed by atoms with Crippen LogP contribution in [0.1, 0.15) is 40.5 Å². The molecular formula is C15H26O. The van der Waals surface area contributed by atoms with Gasteiger partial charge in [-0.15, -0.1) is 6.58 Å². The van der Waals surface area contributed by atoms with E-state index in [1.54, 1.807) is 0 Å². The fourth-order valence-corrected chi connectivity index (χ4v) is 3.83. The van der Waals surface area contributed by atoms with E-state index in [0.717, 1.165) is 12.8 Å². The van der Waals surface area contributed by atoms with Crippen molar-refractivity contribution in [3.63, 3.8) is 0 Å². The van der Waals surface area contributed by atoms with Crippen molar-refractivity contribution in [2.24, 2.45) is 22.7 Å². The standard InChI is InChI=1S/C15H26O/c1-7-15(6)9-8-12(10-16)14(4,5)13(15)11(2)3/h7,12-13,16H,1-2,8-10H2,3-6H3. The largest absolute Gasteiger partial charge is 0.396 e. The van der Waals surface area contributed by atoms with Gasteiger partial charge >= 0.3 is 0 Å². The molecule has 0 saturated heterocycles. The molecule has 0 aliphatic heterocycles. The second-order valence-electron chi connectivity index (χ2n) is 6.23. The highest BCUT2D eigenvalue weighted by Crippen LogP contribution is 2.56. The van der Waals surface area contributed by atoms with Crippen molar-refractivity contribution in [2.75, 3.05) is 6.61 Å². The van der Waals surface area contributed by atoms with Crippen molar-refractivity contribution >= 4 is 0 Å². The summed E-state index contributed by atoms with van der Waals surface area (Å²) >= 11 is 0. The van der Waals surface area contributed by atoms with E-state index >= 15 is 0 Å². The number of hydrogen-bond donors (Lipinski definition) is 1. The lowest BCUT2D eigenvalue weighted by atomic mass is 9.51. The second-order valence-corrected chi connectivity index (χ2v) is 6.23. The first kappa shape index (κ1) is 13.5. The van der Waals surface area contributed by atoms with Crippen molar-refractivity contribution in [2.45, 2.75) is 40.5 Å². The molecule has 1 aliphatic carbocycles. The van der Waals surface area contributed by atoms with Crippen LogP contribution in [-0.4, -0.2) is 11.7 Å². The van der Waals surface area contributed by atoms with Crippen LogP contribution in [0.5, 0.6) is 0 Å². The maximum Gasteiger partial charge on any atom is 0.0464 e. The monoisotopic (exact) mass is 222 g/mol. The van der Waals surface area contributed by atoms with Crippen molar-refractivity contribution in [1.29, 1.82) is 0 Å². The Labute approximate surface area is 100 Å². The molecule has 1 N–H and O–H groups in total. The Morgan fingerprint density at radius 2 is 2.00 bits per heavy atom. The predicted molar refractivity (Wildman–Crippen MR) is 70.2 cm³/mol. The van der Waals surface area contributed by atoms with Gasteiger partial charge < -0.3 is 5.11 Å². The maximum atomic E-state index is 9.51. The van der Waals surface area contributed by atoms with Crippen molar-refractivity contribution in [3.05, 3.63) is 24.8 Å². The Balaban J connectivity index is 3.16. The Bertz CT molecular complexity index is 290. The average Bonchev–Trinajstić information content (AvgIpc) is 2.16. The van der Waals surface area contributed by atoms with Crippen LogP contribution in [0.2, 0.25) is 0 Å². The molecule has 1 rings (SSSR count). The molecule has 0 bridgehead atoms. The summed E-state index contributed by atoms with van der Waals surface area (Å²) in [6.07, 6.45) is 4.26. The Morgan fingerprint density at radius 1 is 1.44 bits per heavy atom. The Hall–Kier alpha value is -0.560. The van der Waals surface area contributed by atoms with Gasteiger partial charge in [-0.1, -0.05) is 39.0 Å². The summed E-state index contributed by atoms with van der Waals surface area (Å²) in [5.74, 6) is 0.783. The van der Waals surface area contributed by atoms with E-state index in [4.69, 9.17) is 0 Å². The van der Waals surface area contributed by atoms with Crippen LogP contribution in [0.25, 0.3) is 0 Å². The maximum absolute atomic E-state index is 9.51. The fourth-order valence-electron chi connectivity index (χ4n) is 3.83. The lowest BCUT2D eigenvalue weighted by Crippen LogP contribution is -2.47. The molecule has 1 aliphatic rings. The van der Waals surface area contributed by atoms with Crippen molar-refractivity contribution in [3.8, 4) is 0 Å². The van der Waals surface area contributed by atoms with Gasteiger partial charge in [0.15, 0.2) is 0 Å². The Kier molecular flexibility index (Phi) is 3.69. The molecule has 0 aromatic rings. The fraction of sp³-hybridized carbons (Fsp3) is 0.733. The van der Waals surface area contributed by atoms with Crippen molar-refractivity contribution in [1.82, 2.24) is 0 Å². The molecule has 0 amide bonds. The number of aliphatic hydroxyl groups excluding tert-OH is 1. The van der Waals surface area contributed by atoms with Crippen LogP contribution >= 0.6 is 0 Å². The summed E-state index contributed by atoms with van der Waals surface area (Å²) in [5, 5.41) is 9.51. The summed E-state index contributed by atoms with van der Waals surface area (Å²) in [6.45, 7) is 17.3. The molecule has 92 valence electrons. The Morgan fingerprint density at radius 3 is 2.38 bits per heavy atom. The zero-order chi connectivity index (χ0) is 12.6. The molecule has 0 heterocycles. The molecule has 16 heavy (non-hydrogen) atoms. The highest BCUT2D eigenvalue weighted by atomic mass is 16.3. The number of rotatable bonds is 3. The minimum Gasteiger partial charge on any atom is -0.396 e. The van der Waals surface area contributed by atoms with Crippen LogP contribution in [0.15, 0.2) is 24.8 Å².